The molecule has 2 N–H and O–H groups in total. The van der Waals surface area contributed by atoms with Crippen molar-refractivity contribution in [1.82, 2.24) is 9.97 Å². The molecular weight excluding hydrogens is 410 g/mol. The summed E-state index contributed by atoms with van der Waals surface area (Å²) < 4.78 is 5.36. The summed E-state index contributed by atoms with van der Waals surface area (Å²) in [5.41, 5.74) is 1.40. The van der Waals surface area contributed by atoms with E-state index in [2.05, 4.69) is 22.1 Å². The minimum absolute atomic E-state index is 0.0847. The second-order valence-electron chi connectivity index (χ2n) is 8.29. The number of carboxylic acid groups (broad SMARTS) is 1. The number of amides is 1. The molecule has 1 amide bonds. The van der Waals surface area contributed by atoms with Crippen molar-refractivity contribution in [2.75, 3.05) is 29.3 Å². The Morgan fingerprint density at radius 2 is 2.06 bits per heavy atom. The number of likely N-dealkylation sites (N-methyl/N-ethyl adjacent to an activating group) is 1. The number of aromatic carboxylic acids is 1. The van der Waals surface area contributed by atoms with Gasteiger partial charge in [0, 0.05) is 13.1 Å². The number of carboxylic acids is 1. The third-order valence-electron chi connectivity index (χ3n) is 6.28. The summed E-state index contributed by atoms with van der Waals surface area (Å²) in [5, 5.41) is 12.4. The number of ether oxygens (including phenoxy) is 1. The molecule has 0 saturated heterocycles. The van der Waals surface area contributed by atoms with Crippen molar-refractivity contribution in [2.45, 2.75) is 57.5 Å². The second kappa shape index (κ2) is 9.02. The van der Waals surface area contributed by atoms with Gasteiger partial charge in [0.15, 0.2) is 5.82 Å². The number of hydrogen-bond acceptors (Lipinski definition) is 7. The van der Waals surface area contributed by atoms with Gasteiger partial charge in [0.05, 0.1) is 24.6 Å². The zero-order valence-corrected chi connectivity index (χ0v) is 18.7. The first-order chi connectivity index (χ1) is 15.4. The van der Waals surface area contributed by atoms with Crippen LogP contribution in [0, 0.1) is 0 Å². The van der Waals surface area contributed by atoms with Crippen molar-refractivity contribution < 1.29 is 19.4 Å². The van der Waals surface area contributed by atoms with Crippen LogP contribution in [0.3, 0.4) is 0 Å². The average Bonchev–Trinajstić information content (AvgIpc) is 3.32. The number of benzene rings is 1. The van der Waals surface area contributed by atoms with Crippen LogP contribution in [0.5, 0.6) is 5.75 Å². The fourth-order valence-electron chi connectivity index (χ4n) is 4.66. The number of rotatable bonds is 7. The highest BCUT2D eigenvalue weighted by atomic mass is 16.5. The Hall–Kier alpha value is -3.36. The van der Waals surface area contributed by atoms with Crippen molar-refractivity contribution in [3.8, 4) is 5.75 Å². The normalized spacial score (nSPS) is 18.6. The van der Waals surface area contributed by atoms with Crippen LogP contribution in [0.25, 0.3) is 0 Å². The van der Waals surface area contributed by atoms with Gasteiger partial charge in [0.1, 0.15) is 17.5 Å². The zero-order chi connectivity index (χ0) is 22.8. The summed E-state index contributed by atoms with van der Waals surface area (Å²) in [6.45, 7) is 2.09. The number of anilines is 4. The maximum Gasteiger partial charge on any atom is 0.335 e. The lowest BCUT2D eigenvalue weighted by molar-refractivity contribution is -0.120. The van der Waals surface area contributed by atoms with Crippen LogP contribution in [0.2, 0.25) is 0 Å². The molecule has 170 valence electrons. The SMILES string of the molecule is CCC[C@@H]1C(=O)N(C)c2cnc(Nc3ccc(C(=O)O)cc3OC)nc2N1C1CCCC1. The Morgan fingerprint density at radius 1 is 1.31 bits per heavy atom. The predicted molar refractivity (Wildman–Crippen MR) is 122 cm³/mol. The molecular formula is C23H29N5O4. The van der Waals surface area contributed by atoms with E-state index in [9.17, 15) is 14.7 Å². The molecule has 1 aliphatic carbocycles. The standard InChI is InChI=1S/C23H29N5O4/c1-4-7-17-21(29)27(2)18-13-24-23(26-20(18)28(17)15-8-5-6-9-15)25-16-11-10-14(22(30)31)12-19(16)32-3/h10-13,15,17H,4-9H2,1-3H3,(H,30,31)(H,24,25,26)/t17-/m1/s1. The molecule has 0 radical (unpaired) electrons. The fraction of sp³-hybridized carbons (Fsp3) is 0.478. The van der Waals surface area contributed by atoms with Gasteiger partial charge in [-0.25, -0.2) is 9.78 Å². The molecule has 4 rings (SSSR count). The Bertz CT molecular complexity index is 1020. The lowest BCUT2D eigenvalue weighted by atomic mass is 10.0. The molecule has 1 aliphatic heterocycles. The number of methoxy groups -OCH3 is 1. The van der Waals surface area contributed by atoms with Crippen LogP contribution in [-0.2, 0) is 4.79 Å². The Kier molecular flexibility index (Phi) is 6.16. The van der Waals surface area contributed by atoms with E-state index in [0.29, 0.717) is 23.1 Å². The molecule has 1 fully saturated rings. The number of fused-ring (bicyclic) bond motifs is 1. The van der Waals surface area contributed by atoms with Gasteiger partial charge in [-0.15, -0.1) is 0 Å². The first-order valence-corrected chi connectivity index (χ1v) is 11.1. The Labute approximate surface area is 187 Å². The summed E-state index contributed by atoms with van der Waals surface area (Å²) >= 11 is 0. The van der Waals surface area contributed by atoms with Gasteiger partial charge in [-0.3, -0.25) is 4.79 Å². The molecule has 2 heterocycles. The van der Waals surface area contributed by atoms with Gasteiger partial charge in [-0.2, -0.15) is 4.98 Å². The minimum atomic E-state index is -1.03. The first-order valence-electron chi connectivity index (χ1n) is 11.1. The van der Waals surface area contributed by atoms with Gasteiger partial charge in [-0.05, 0) is 37.5 Å². The lowest BCUT2D eigenvalue weighted by Gasteiger charge is -2.43. The predicted octanol–water partition coefficient (Wildman–Crippen LogP) is 3.82. The molecule has 32 heavy (non-hydrogen) atoms. The molecule has 1 atom stereocenters. The van der Waals surface area contributed by atoms with Crippen LogP contribution in [0.1, 0.15) is 55.8 Å². The molecule has 0 unspecified atom stereocenters. The summed E-state index contributed by atoms with van der Waals surface area (Å²) in [5.74, 6) is 0.570. The van der Waals surface area contributed by atoms with Crippen molar-refractivity contribution >= 4 is 35.0 Å². The topological polar surface area (TPSA) is 108 Å². The quantitative estimate of drug-likeness (QED) is 0.670. The van der Waals surface area contributed by atoms with E-state index >= 15 is 0 Å². The van der Waals surface area contributed by atoms with E-state index in [4.69, 9.17) is 9.72 Å². The van der Waals surface area contributed by atoms with Gasteiger partial charge in [0.2, 0.25) is 11.9 Å². The molecule has 2 aromatic rings. The largest absolute Gasteiger partial charge is 0.495 e. The number of hydrogen-bond donors (Lipinski definition) is 2. The Balaban J connectivity index is 1.72. The molecule has 0 bridgehead atoms. The summed E-state index contributed by atoms with van der Waals surface area (Å²) in [7, 11) is 3.26. The van der Waals surface area contributed by atoms with Crippen molar-refractivity contribution in [3.63, 3.8) is 0 Å². The third-order valence-corrected chi connectivity index (χ3v) is 6.28. The Morgan fingerprint density at radius 3 is 2.72 bits per heavy atom. The van der Waals surface area contributed by atoms with E-state index in [0.717, 1.165) is 44.3 Å². The number of carbonyl (C=O) groups is 2. The minimum Gasteiger partial charge on any atom is -0.495 e. The first kappa shape index (κ1) is 21.9. The zero-order valence-electron chi connectivity index (χ0n) is 18.7. The number of aromatic nitrogens is 2. The average molecular weight is 440 g/mol. The summed E-state index contributed by atoms with van der Waals surface area (Å²) in [6, 6.07) is 4.65. The van der Waals surface area contributed by atoms with Crippen molar-refractivity contribution in [1.29, 1.82) is 0 Å². The van der Waals surface area contributed by atoms with E-state index in [1.54, 1.807) is 24.2 Å². The van der Waals surface area contributed by atoms with E-state index < -0.39 is 5.97 Å². The molecule has 1 saturated carbocycles. The van der Waals surface area contributed by atoms with Crippen LogP contribution in [0.4, 0.5) is 23.1 Å². The number of carbonyl (C=O) groups excluding carboxylic acids is 1. The second-order valence-corrected chi connectivity index (χ2v) is 8.29. The van der Waals surface area contributed by atoms with Crippen LogP contribution < -0.4 is 19.9 Å². The highest BCUT2D eigenvalue weighted by Crippen LogP contribution is 2.40. The fourth-order valence-corrected chi connectivity index (χ4v) is 4.66. The van der Waals surface area contributed by atoms with Crippen LogP contribution >= 0.6 is 0 Å². The van der Waals surface area contributed by atoms with Gasteiger partial charge < -0.3 is 25.0 Å². The van der Waals surface area contributed by atoms with E-state index in [-0.39, 0.29) is 23.6 Å². The molecule has 0 spiro atoms. The van der Waals surface area contributed by atoms with Crippen LogP contribution in [-0.4, -0.2) is 53.2 Å². The molecule has 9 heteroatoms. The highest BCUT2D eigenvalue weighted by Gasteiger charge is 2.41. The lowest BCUT2D eigenvalue weighted by Crippen LogP contribution is -2.55. The van der Waals surface area contributed by atoms with Crippen molar-refractivity contribution in [3.05, 3.63) is 30.0 Å². The van der Waals surface area contributed by atoms with E-state index in [1.807, 2.05) is 0 Å². The monoisotopic (exact) mass is 439 g/mol. The number of nitrogens with zero attached hydrogens (tertiary/aromatic N) is 4. The van der Waals surface area contributed by atoms with Crippen molar-refractivity contribution in [2.24, 2.45) is 0 Å². The van der Waals surface area contributed by atoms with Crippen LogP contribution in [0.15, 0.2) is 24.4 Å². The van der Waals surface area contributed by atoms with Gasteiger partial charge in [-0.1, -0.05) is 26.2 Å². The highest BCUT2D eigenvalue weighted by molar-refractivity contribution is 6.04. The smallest absolute Gasteiger partial charge is 0.335 e. The third kappa shape index (κ3) is 3.94. The van der Waals surface area contributed by atoms with Gasteiger partial charge >= 0.3 is 5.97 Å². The maximum absolute atomic E-state index is 13.1. The molecule has 2 aliphatic rings. The van der Waals surface area contributed by atoms with Gasteiger partial charge in [0.25, 0.3) is 0 Å². The summed E-state index contributed by atoms with van der Waals surface area (Å²) in [4.78, 5) is 37.5. The maximum atomic E-state index is 13.1. The molecule has 1 aromatic heterocycles. The van der Waals surface area contributed by atoms with E-state index in [1.165, 1.54) is 19.2 Å². The molecule has 9 nitrogen and oxygen atoms in total. The number of nitrogens with one attached hydrogen (secondary N) is 1. The molecule has 1 aromatic carbocycles. The summed E-state index contributed by atoms with van der Waals surface area (Å²) in [6.07, 6.45) is 7.76.